The lowest BCUT2D eigenvalue weighted by molar-refractivity contribution is -0.384. The third-order valence-electron chi connectivity index (χ3n) is 4.71. The number of hydrogen-bond acceptors (Lipinski definition) is 5. The number of nitro groups is 1. The topological polar surface area (TPSA) is 102 Å². The molecular weight excluding hydrogens is 362 g/mol. The molecule has 8 heteroatoms. The van der Waals surface area contributed by atoms with Gasteiger partial charge < -0.3 is 15.0 Å². The number of carbonyl (C=O) groups excluding carboxylic acids is 2. The molecule has 28 heavy (non-hydrogen) atoms. The minimum Gasteiger partial charge on any atom is -0.497 e. The molecule has 1 heterocycles. The zero-order valence-electron chi connectivity index (χ0n) is 15.8. The molecule has 1 atom stereocenters. The van der Waals surface area contributed by atoms with Gasteiger partial charge in [-0.15, -0.1) is 0 Å². The average molecular weight is 383 g/mol. The number of ether oxygens (including phenoxy) is 1. The number of fused-ring (bicyclic) bond motifs is 1. The van der Waals surface area contributed by atoms with Gasteiger partial charge in [0.15, 0.2) is 0 Å². The zero-order chi connectivity index (χ0) is 20.4. The molecule has 0 spiro atoms. The number of benzene rings is 2. The molecule has 1 N–H and O–H groups in total. The monoisotopic (exact) mass is 383 g/mol. The van der Waals surface area contributed by atoms with Crippen LogP contribution < -0.4 is 10.1 Å². The Hall–Kier alpha value is -3.42. The van der Waals surface area contributed by atoms with Crippen LogP contribution in [0.1, 0.15) is 29.8 Å². The Balaban J connectivity index is 2.04. The van der Waals surface area contributed by atoms with E-state index in [2.05, 4.69) is 5.32 Å². The van der Waals surface area contributed by atoms with Crippen LogP contribution in [0.5, 0.6) is 5.75 Å². The first kappa shape index (κ1) is 19.3. The van der Waals surface area contributed by atoms with Gasteiger partial charge in [0.25, 0.3) is 11.6 Å². The fourth-order valence-electron chi connectivity index (χ4n) is 3.32. The second-order valence-corrected chi connectivity index (χ2v) is 6.95. The van der Waals surface area contributed by atoms with E-state index in [0.29, 0.717) is 5.75 Å². The molecule has 0 aromatic heterocycles. The molecule has 0 aliphatic carbocycles. The van der Waals surface area contributed by atoms with Crippen LogP contribution in [0.3, 0.4) is 0 Å². The number of methoxy groups -OCH3 is 1. The summed E-state index contributed by atoms with van der Waals surface area (Å²) in [5.41, 5.74) is 1.01. The van der Waals surface area contributed by atoms with Gasteiger partial charge in [0, 0.05) is 18.7 Å². The highest BCUT2D eigenvalue weighted by Crippen LogP contribution is 2.30. The largest absolute Gasteiger partial charge is 0.497 e. The average Bonchev–Trinajstić information content (AvgIpc) is 2.76. The number of rotatable bonds is 5. The van der Waals surface area contributed by atoms with E-state index in [1.807, 2.05) is 26.0 Å². The Morgan fingerprint density at radius 3 is 2.43 bits per heavy atom. The maximum Gasteiger partial charge on any atom is 0.270 e. The highest BCUT2D eigenvalue weighted by Gasteiger charge is 2.37. The van der Waals surface area contributed by atoms with Gasteiger partial charge in [0.1, 0.15) is 11.8 Å². The van der Waals surface area contributed by atoms with Gasteiger partial charge in [-0.25, -0.2) is 0 Å². The van der Waals surface area contributed by atoms with E-state index in [9.17, 15) is 19.7 Å². The van der Waals surface area contributed by atoms with E-state index in [1.54, 1.807) is 19.2 Å². The molecule has 2 aromatic rings. The third kappa shape index (κ3) is 3.66. The SMILES string of the molecule is COc1ccc(CN2C(=O)c3cc([N+](=O)[O-])ccc3NC(=O)[C@@H]2C(C)C)cc1. The molecule has 0 fully saturated rings. The van der Waals surface area contributed by atoms with Crippen molar-refractivity contribution in [3.63, 3.8) is 0 Å². The molecule has 0 saturated heterocycles. The number of nitro benzene ring substituents is 1. The molecule has 8 nitrogen and oxygen atoms in total. The van der Waals surface area contributed by atoms with Crippen molar-refractivity contribution in [3.05, 3.63) is 63.7 Å². The summed E-state index contributed by atoms with van der Waals surface area (Å²) in [6.45, 7) is 3.91. The van der Waals surface area contributed by atoms with Gasteiger partial charge in [-0.05, 0) is 29.7 Å². The molecule has 0 unspecified atom stereocenters. The summed E-state index contributed by atoms with van der Waals surface area (Å²) in [4.78, 5) is 38.1. The van der Waals surface area contributed by atoms with Crippen molar-refractivity contribution in [1.82, 2.24) is 4.90 Å². The summed E-state index contributed by atoms with van der Waals surface area (Å²) in [5, 5.41) is 13.9. The molecule has 2 amide bonds. The van der Waals surface area contributed by atoms with Gasteiger partial charge in [-0.3, -0.25) is 19.7 Å². The van der Waals surface area contributed by atoms with E-state index in [4.69, 9.17) is 4.74 Å². The molecule has 0 saturated carbocycles. The van der Waals surface area contributed by atoms with E-state index in [1.165, 1.54) is 23.1 Å². The van der Waals surface area contributed by atoms with Crippen LogP contribution in [-0.2, 0) is 11.3 Å². The Labute approximate surface area is 162 Å². The first-order chi connectivity index (χ1) is 13.3. The summed E-state index contributed by atoms with van der Waals surface area (Å²) in [6, 6.07) is 10.4. The summed E-state index contributed by atoms with van der Waals surface area (Å²) in [7, 11) is 1.57. The van der Waals surface area contributed by atoms with Gasteiger partial charge in [-0.2, -0.15) is 0 Å². The predicted molar refractivity (Wildman–Crippen MR) is 103 cm³/mol. The van der Waals surface area contributed by atoms with Crippen LogP contribution in [-0.4, -0.2) is 34.8 Å². The summed E-state index contributed by atoms with van der Waals surface area (Å²) in [5.74, 6) is -0.201. The van der Waals surface area contributed by atoms with Crippen molar-refractivity contribution in [2.24, 2.45) is 5.92 Å². The van der Waals surface area contributed by atoms with Crippen molar-refractivity contribution < 1.29 is 19.2 Å². The molecular formula is C20H21N3O5. The highest BCUT2D eigenvalue weighted by atomic mass is 16.6. The molecule has 1 aliphatic heterocycles. The summed E-state index contributed by atoms with van der Waals surface area (Å²) < 4.78 is 5.15. The highest BCUT2D eigenvalue weighted by molar-refractivity contribution is 6.10. The lowest BCUT2D eigenvalue weighted by Gasteiger charge is -2.31. The van der Waals surface area contributed by atoms with E-state index in [-0.39, 0.29) is 35.3 Å². The zero-order valence-corrected chi connectivity index (χ0v) is 15.8. The van der Waals surface area contributed by atoms with Gasteiger partial charge in [0.05, 0.1) is 23.3 Å². The Bertz CT molecular complexity index is 924. The maximum absolute atomic E-state index is 13.3. The molecule has 146 valence electrons. The summed E-state index contributed by atoms with van der Waals surface area (Å²) in [6.07, 6.45) is 0. The Kier molecular flexibility index (Phi) is 5.30. The lowest BCUT2D eigenvalue weighted by Crippen LogP contribution is -2.47. The van der Waals surface area contributed by atoms with Gasteiger partial charge >= 0.3 is 0 Å². The standard InChI is InChI=1S/C20H21N3O5/c1-12(2)18-19(24)21-17-9-6-14(23(26)27)10-16(17)20(25)22(18)11-13-4-7-15(28-3)8-5-13/h4-10,12,18H,11H2,1-3H3,(H,21,24)/t18-/m0/s1. The van der Waals surface area contributed by atoms with Crippen LogP contribution >= 0.6 is 0 Å². The number of non-ortho nitro benzene ring substituents is 1. The van der Waals surface area contributed by atoms with E-state index >= 15 is 0 Å². The van der Waals surface area contributed by atoms with Crippen LogP contribution in [0.15, 0.2) is 42.5 Å². The lowest BCUT2D eigenvalue weighted by atomic mass is 10.0. The van der Waals surface area contributed by atoms with Crippen LogP contribution in [0.25, 0.3) is 0 Å². The minimum absolute atomic E-state index is 0.110. The van der Waals surface area contributed by atoms with Crippen molar-refractivity contribution in [3.8, 4) is 5.75 Å². The van der Waals surface area contributed by atoms with E-state index in [0.717, 1.165) is 5.56 Å². The van der Waals surface area contributed by atoms with Crippen LogP contribution in [0.4, 0.5) is 11.4 Å². The van der Waals surface area contributed by atoms with Crippen molar-refractivity contribution >= 4 is 23.2 Å². The van der Waals surface area contributed by atoms with Gasteiger partial charge in [-0.1, -0.05) is 26.0 Å². The molecule has 1 aliphatic rings. The molecule has 2 aromatic carbocycles. The minimum atomic E-state index is -0.707. The normalized spacial score (nSPS) is 16.4. The molecule has 0 radical (unpaired) electrons. The van der Waals surface area contributed by atoms with Crippen LogP contribution in [0, 0.1) is 16.0 Å². The first-order valence-electron chi connectivity index (χ1n) is 8.85. The quantitative estimate of drug-likeness (QED) is 0.631. The second kappa shape index (κ2) is 7.67. The molecule has 0 bridgehead atoms. The summed E-state index contributed by atoms with van der Waals surface area (Å²) >= 11 is 0. The number of anilines is 1. The van der Waals surface area contributed by atoms with Crippen molar-refractivity contribution in [2.45, 2.75) is 26.4 Å². The predicted octanol–water partition coefficient (Wildman–Crippen LogP) is 3.22. The Morgan fingerprint density at radius 1 is 1.18 bits per heavy atom. The molecule has 3 rings (SSSR count). The van der Waals surface area contributed by atoms with Crippen LogP contribution in [0.2, 0.25) is 0 Å². The van der Waals surface area contributed by atoms with E-state index < -0.39 is 16.9 Å². The number of carbonyl (C=O) groups is 2. The fraction of sp³-hybridized carbons (Fsp3) is 0.300. The van der Waals surface area contributed by atoms with Gasteiger partial charge in [0.2, 0.25) is 5.91 Å². The fourth-order valence-corrected chi connectivity index (χ4v) is 3.32. The number of amides is 2. The maximum atomic E-state index is 13.3. The third-order valence-corrected chi connectivity index (χ3v) is 4.71. The number of nitrogens with one attached hydrogen (secondary N) is 1. The van der Waals surface area contributed by atoms with Crippen molar-refractivity contribution in [2.75, 3.05) is 12.4 Å². The number of hydrogen-bond donors (Lipinski definition) is 1. The first-order valence-corrected chi connectivity index (χ1v) is 8.85. The Morgan fingerprint density at radius 2 is 1.86 bits per heavy atom. The second-order valence-electron chi connectivity index (χ2n) is 6.95. The van der Waals surface area contributed by atoms with Crippen molar-refractivity contribution in [1.29, 1.82) is 0 Å². The smallest absolute Gasteiger partial charge is 0.270 e. The number of nitrogens with zero attached hydrogens (tertiary/aromatic N) is 2.